The summed E-state index contributed by atoms with van der Waals surface area (Å²) in [5.41, 5.74) is 0.878. The van der Waals surface area contributed by atoms with Gasteiger partial charge in [-0.05, 0) is 23.8 Å². The molecule has 0 unspecified atom stereocenters. The number of aromatic hydroxyl groups is 1. The fourth-order valence-corrected chi connectivity index (χ4v) is 1.99. The van der Waals surface area contributed by atoms with Gasteiger partial charge < -0.3 is 5.11 Å². The van der Waals surface area contributed by atoms with E-state index in [4.69, 9.17) is 5.11 Å². The maximum Gasteiger partial charge on any atom is 0.314 e. The highest BCUT2D eigenvalue weighted by molar-refractivity contribution is 7.98. The number of hydrogen-bond donors (Lipinski definition) is 1. The van der Waals surface area contributed by atoms with E-state index in [1.807, 2.05) is 6.07 Å². The van der Waals surface area contributed by atoms with Crippen LogP contribution in [0.3, 0.4) is 0 Å². The third-order valence-electron chi connectivity index (χ3n) is 1.89. The molecule has 0 saturated carbocycles. The minimum Gasteiger partial charge on any atom is -0.479 e. The van der Waals surface area contributed by atoms with Gasteiger partial charge in [-0.25, -0.2) is 9.37 Å². The number of hydrogen-bond acceptors (Lipinski definition) is 4. The van der Waals surface area contributed by atoms with Crippen molar-refractivity contribution in [3.8, 4) is 6.01 Å². The Balaban J connectivity index is 2.02. The van der Waals surface area contributed by atoms with Crippen LogP contribution in [0.25, 0.3) is 0 Å². The maximum atomic E-state index is 12.9. The maximum absolute atomic E-state index is 12.9. The van der Waals surface area contributed by atoms with E-state index in [1.165, 1.54) is 30.1 Å². The summed E-state index contributed by atoms with van der Waals surface area (Å²) in [6.45, 7) is 0. The molecule has 1 N–H and O–H groups in total. The highest BCUT2D eigenvalue weighted by Crippen LogP contribution is 2.21. The molecule has 0 saturated heterocycles. The average molecular weight is 236 g/mol. The van der Waals surface area contributed by atoms with E-state index in [2.05, 4.69) is 9.97 Å². The summed E-state index contributed by atoms with van der Waals surface area (Å²) >= 11 is 1.42. The summed E-state index contributed by atoms with van der Waals surface area (Å²) in [7, 11) is 0. The molecular weight excluding hydrogens is 227 g/mol. The van der Waals surface area contributed by atoms with Crippen LogP contribution in [-0.2, 0) is 5.75 Å². The Morgan fingerprint density at radius 2 is 2.19 bits per heavy atom. The van der Waals surface area contributed by atoms with Gasteiger partial charge in [-0.2, -0.15) is 4.98 Å². The van der Waals surface area contributed by atoms with Gasteiger partial charge >= 0.3 is 6.01 Å². The van der Waals surface area contributed by atoms with E-state index in [0.29, 0.717) is 10.8 Å². The first-order valence-electron chi connectivity index (χ1n) is 4.63. The average Bonchev–Trinajstić information content (AvgIpc) is 2.27. The molecule has 0 fully saturated rings. The van der Waals surface area contributed by atoms with Gasteiger partial charge in [-0.1, -0.05) is 12.1 Å². The van der Waals surface area contributed by atoms with E-state index in [1.54, 1.807) is 12.1 Å². The minimum atomic E-state index is -0.247. The monoisotopic (exact) mass is 236 g/mol. The SMILES string of the molecule is Oc1nccc(SCc2cccc(F)c2)n1. The molecule has 0 atom stereocenters. The van der Waals surface area contributed by atoms with Crippen molar-refractivity contribution < 1.29 is 9.50 Å². The molecule has 16 heavy (non-hydrogen) atoms. The molecule has 1 heterocycles. The Hall–Kier alpha value is -1.62. The van der Waals surface area contributed by atoms with Crippen LogP contribution in [0.5, 0.6) is 6.01 Å². The van der Waals surface area contributed by atoms with Crippen LogP contribution in [0.1, 0.15) is 5.56 Å². The summed E-state index contributed by atoms with van der Waals surface area (Å²) in [4.78, 5) is 7.40. The molecule has 2 rings (SSSR count). The predicted octanol–water partition coefficient (Wildman–Crippen LogP) is 2.61. The third-order valence-corrected chi connectivity index (χ3v) is 2.89. The molecule has 0 aliphatic carbocycles. The number of benzene rings is 1. The molecule has 0 radical (unpaired) electrons. The summed E-state index contributed by atoms with van der Waals surface area (Å²) in [5.74, 6) is 0.359. The molecule has 1 aromatic heterocycles. The number of nitrogens with zero attached hydrogens (tertiary/aromatic N) is 2. The van der Waals surface area contributed by atoms with Crippen LogP contribution in [0, 0.1) is 5.82 Å². The Morgan fingerprint density at radius 3 is 2.94 bits per heavy atom. The Bertz CT molecular complexity index is 447. The quantitative estimate of drug-likeness (QED) is 0.657. The van der Waals surface area contributed by atoms with Crippen LogP contribution in [-0.4, -0.2) is 15.1 Å². The molecule has 0 aliphatic heterocycles. The van der Waals surface area contributed by atoms with Gasteiger partial charge in [0.15, 0.2) is 0 Å². The van der Waals surface area contributed by atoms with Crippen molar-refractivity contribution in [3.63, 3.8) is 0 Å². The minimum absolute atomic E-state index is 0.246. The fraction of sp³-hybridized carbons (Fsp3) is 0.0909. The van der Waals surface area contributed by atoms with Crippen LogP contribution in [0.15, 0.2) is 41.6 Å². The van der Waals surface area contributed by atoms with Crippen molar-refractivity contribution in [2.45, 2.75) is 10.8 Å². The second-order valence-electron chi connectivity index (χ2n) is 3.11. The van der Waals surface area contributed by atoms with Crippen molar-refractivity contribution in [1.29, 1.82) is 0 Å². The molecule has 0 aliphatic rings. The number of rotatable bonds is 3. The molecule has 0 bridgehead atoms. The summed E-state index contributed by atoms with van der Waals surface area (Å²) in [5, 5.41) is 9.72. The molecule has 0 spiro atoms. The lowest BCUT2D eigenvalue weighted by Crippen LogP contribution is -1.86. The van der Waals surface area contributed by atoms with Crippen LogP contribution < -0.4 is 0 Å². The molecule has 1 aromatic carbocycles. The predicted molar refractivity (Wildman–Crippen MR) is 59.7 cm³/mol. The standard InChI is InChI=1S/C11H9FN2OS/c12-9-3-1-2-8(6-9)7-16-10-4-5-13-11(15)14-10/h1-6H,7H2,(H,13,14,15). The summed E-state index contributed by atoms with van der Waals surface area (Å²) in [6.07, 6.45) is 1.48. The van der Waals surface area contributed by atoms with Crippen molar-refractivity contribution >= 4 is 11.8 Å². The normalized spacial score (nSPS) is 10.3. The first kappa shape index (κ1) is 10.9. The summed E-state index contributed by atoms with van der Waals surface area (Å²) < 4.78 is 12.9. The highest BCUT2D eigenvalue weighted by Gasteiger charge is 2.00. The number of thioether (sulfide) groups is 1. The smallest absolute Gasteiger partial charge is 0.314 e. The van der Waals surface area contributed by atoms with Gasteiger partial charge in [0, 0.05) is 11.9 Å². The zero-order valence-corrected chi connectivity index (χ0v) is 9.12. The van der Waals surface area contributed by atoms with E-state index in [0.717, 1.165) is 5.56 Å². The van der Waals surface area contributed by atoms with Crippen molar-refractivity contribution in [1.82, 2.24) is 9.97 Å². The van der Waals surface area contributed by atoms with Crippen LogP contribution in [0.2, 0.25) is 0 Å². The fourth-order valence-electron chi connectivity index (χ4n) is 1.20. The zero-order valence-electron chi connectivity index (χ0n) is 8.30. The van der Waals surface area contributed by atoms with Gasteiger partial charge in [-0.3, -0.25) is 0 Å². The van der Waals surface area contributed by atoms with E-state index >= 15 is 0 Å². The lowest BCUT2D eigenvalue weighted by molar-refractivity contribution is 0.425. The van der Waals surface area contributed by atoms with E-state index in [9.17, 15) is 4.39 Å². The van der Waals surface area contributed by atoms with Crippen molar-refractivity contribution in [3.05, 3.63) is 47.9 Å². The second kappa shape index (κ2) is 4.94. The molecule has 0 amide bonds. The molecule has 3 nitrogen and oxygen atoms in total. The molecular formula is C11H9FN2OS. The molecule has 2 aromatic rings. The lowest BCUT2D eigenvalue weighted by Gasteiger charge is -2.01. The van der Waals surface area contributed by atoms with Gasteiger partial charge in [-0.15, -0.1) is 11.8 Å². The number of halogens is 1. The van der Waals surface area contributed by atoms with Crippen molar-refractivity contribution in [2.24, 2.45) is 0 Å². The van der Waals surface area contributed by atoms with E-state index in [-0.39, 0.29) is 11.8 Å². The molecule has 5 heteroatoms. The number of aromatic nitrogens is 2. The largest absolute Gasteiger partial charge is 0.479 e. The Labute approximate surface area is 96.4 Å². The lowest BCUT2D eigenvalue weighted by atomic mass is 10.2. The van der Waals surface area contributed by atoms with Gasteiger partial charge in [0.1, 0.15) is 10.8 Å². The van der Waals surface area contributed by atoms with Gasteiger partial charge in [0.25, 0.3) is 0 Å². The van der Waals surface area contributed by atoms with Gasteiger partial charge in [0.2, 0.25) is 0 Å². The summed E-state index contributed by atoms with van der Waals surface area (Å²) in [6, 6.07) is 7.85. The molecule has 82 valence electrons. The Morgan fingerprint density at radius 1 is 1.31 bits per heavy atom. The second-order valence-corrected chi connectivity index (χ2v) is 4.11. The third kappa shape index (κ3) is 2.93. The van der Waals surface area contributed by atoms with Crippen LogP contribution >= 0.6 is 11.8 Å². The first-order chi connectivity index (χ1) is 7.74. The highest BCUT2D eigenvalue weighted by atomic mass is 32.2. The van der Waals surface area contributed by atoms with Crippen molar-refractivity contribution in [2.75, 3.05) is 0 Å². The van der Waals surface area contributed by atoms with E-state index < -0.39 is 0 Å². The van der Waals surface area contributed by atoms with Crippen LogP contribution in [0.4, 0.5) is 4.39 Å². The zero-order chi connectivity index (χ0) is 11.4. The van der Waals surface area contributed by atoms with Gasteiger partial charge in [0.05, 0.1) is 0 Å². The topological polar surface area (TPSA) is 46.0 Å². The Kier molecular flexibility index (Phi) is 3.36. The first-order valence-corrected chi connectivity index (χ1v) is 5.62.